The highest BCUT2D eigenvalue weighted by molar-refractivity contribution is 6.29. The summed E-state index contributed by atoms with van der Waals surface area (Å²) in [5, 5.41) is 154. The third-order valence-electron chi connectivity index (χ3n) is 23.6. The zero-order valence-corrected chi connectivity index (χ0v) is 88.4. The summed E-state index contributed by atoms with van der Waals surface area (Å²) in [5.41, 5.74) is -3.91. The van der Waals surface area contributed by atoms with Crippen molar-refractivity contribution < 1.29 is 167 Å². The minimum absolute atomic E-state index is 0.0121. The predicted molar refractivity (Wildman–Crippen MR) is 529 cm³/mol. The number of rotatable bonds is 39. The molecule has 6 aliphatic rings. The number of ether oxygens (including phenoxy) is 5. The Hall–Kier alpha value is -9.50. The van der Waals surface area contributed by atoms with E-state index in [-0.39, 0.29) is 88.0 Å². The second-order valence-electron chi connectivity index (χ2n) is 39.9. The van der Waals surface area contributed by atoms with E-state index in [0.717, 1.165) is 51.0 Å². The van der Waals surface area contributed by atoms with Crippen molar-refractivity contribution in [1.29, 1.82) is 0 Å². The number of hydrogen-bond acceptors (Lipinski definition) is 34. The van der Waals surface area contributed by atoms with Gasteiger partial charge in [-0.15, -0.1) is 0 Å². The van der Waals surface area contributed by atoms with Crippen LogP contribution in [0.15, 0.2) is 139 Å². The van der Waals surface area contributed by atoms with Crippen LogP contribution < -0.4 is 0 Å². The maximum Gasteiger partial charge on any atom is 0.302 e. The summed E-state index contributed by atoms with van der Waals surface area (Å²) >= 11 is 0. The number of aliphatic hydroxyl groups excluding tert-OH is 11. The highest BCUT2D eigenvalue weighted by atomic mass is 16.7. The fraction of sp³-hybridized carbons (Fsp3) is 0.645. The molecular weight excluding hydrogens is 1830 g/mol. The Morgan fingerprint density at radius 1 is 0.369 bits per heavy atom. The molecule has 0 spiro atoms. The molecule has 0 bridgehead atoms. The normalized spacial score (nSPS) is 26.2. The number of hydrogen-bond donors (Lipinski definition) is 15. The molecule has 0 saturated carbocycles. The van der Waals surface area contributed by atoms with Crippen molar-refractivity contribution >= 4 is 81.3 Å². The van der Waals surface area contributed by atoms with Crippen LogP contribution in [0.25, 0.3) is 0 Å². The van der Waals surface area contributed by atoms with Gasteiger partial charge in [0, 0.05) is 64.2 Å². The van der Waals surface area contributed by atoms with Gasteiger partial charge < -0.3 is 100 Å². The van der Waals surface area contributed by atoms with E-state index >= 15 is 0 Å². The lowest BCUT2D eigenvalue weighted by atomic mass is 9.81. The van der Waals surface area contributed by atoms with E-state index in [1.165, 1.54) is 20.8 Å². The van der Waals surface area contributed by atoms with E-state index in [0.29, 0.717) is 25.6 Å². The van der Waals surface area contributed by atoms with Crippen LogP contribution in [0.5, 0.6) is 0 Å². The van der Waals surface area contributed by atoms with Crippen molar-refractivity contribution in [2.24, 2.45) is 53.3 Å². The maximum atomic E-state index is 12.9. The molecule has 34 nitrogen and oxygen atoms in total. The molecule has 6 rings (SSSR count). The van der Waals surface area contributed by atoms with Crippen molar-refractivity contribution in [2.45, 2.75) is 368 Å². The molecule has 6 unspecified atom stereocenters. The molecule has 796 valence electrons. The lowest BCUT2D eigenvalue weighted by molar-refractivity contribution is -0.341. The first kappa shape index (κ1) is 132. The first-order valence-corrected chi connectivity index (χ1v) is 48.0. The molecule has 4 aliphatic carbocycles. The van der Waals surface area contributed by atoms with E-state index in [4.69, 9.17) is 24.1 Å². The van der Waals surface area contributed by atoms with Crippen LogP contribution in [0.4, 0.5) is 0 Å². The second-order valence-corrected chi connectivity index (χ2v) is 39.9. The molecule has 19 atom stereocenters. The van der Waals surface area contributed by atoms with Gasteiger partial charge in [0.2, 0.25) is 0 Å². The zero-order valence-electron chi connectivity index (χ0n) is 88.4. The molecule has 2 heterocycles. The Morgan fingerprint density at radius 2 is 0.660 bits per heavy atom. The molecule has 0 radical (unpaired) electrons. The number of carbonyl (C=O) groups excluding carboxylic acids is 14. The van der Waals surface area contributed by atoms with Gasteiger partial charge in [-0.1, -0.05) is 162 Å². The van der Waals surface area contributed by atoms with E-state index in [9.17, 15) is 139 Å². The average molecular weight is 1990 g/mol. The van der Waals surface area contributed by atoms with Gasteiger partial charge >= 0.3 is 11.9 Å². The van der Waals surface area contributed by atoms with E-state index in [1.807, 2.05) is 125 Å². The van der Waals surface area contributed by atoms with Gasteiger partial charge in [-0.3, -0.25) is 67.1 Å². The van der Waals surface area contributed by atoms with Crippen LogP contribution in [0.2, 0.25) is 0 Å². The molecule has 0 aromatic rings. The molecule has 15 N–H and O–H groups in total. The number of allylic oxidation sites excluding steroid dienone is 20. The van der Waals surface area contributed by atoms with Crippen molar-refractivity contribution in [3.05, 3.63) is 139 Å². The highest BCUT2D eigenvalue weighted by Gasteiger charge is 2.63. The number of ketones is 12. The smallest absolute Gasteiger partial charge is 0.302 e. The van der Waals surface area contributed by atoms with E-state index in [2.05, 4.69) is 18.6 Å². The zero-order chi connectivity index (χ0) is 110. The number of carbonyl (C=O) groups is 14. The lowest BCUT2D eigenvalue weighted by Crippen LogP contribution is -2.64. The standard InChI is InChI=1S/3C21H30O5.C20H28O5.C13H24O10.C7H14O2.C4H8O2/c2*1-12(2)7-9-15-19(24)18(16(22)11-14(5)6)20(25)21(15,26)17(23)10-8-13(3)4;1-7-14(6)18(23)17-19(24)15(10-8-12(2)3)21(26,20(17)25)16(22)11-9-13(4)5;1-11(2)7-9-14-18(23)16(17(22)13(5)6)19(24)20(14,25)15(21)10-8-12(3)4;1-4-7(16)10(19)12(6(3-15)21-4)23-13-11(20)9(18)8(17)5(2-14)22-13;1-6(2)4-5-9-7(3)8;1-3-6-4(2)5/h2*7-8,14-15,25-26H,9-11H2,1-6H3;8-9,14-15,25-26H,7,10-11H2,1-6H3;7-8,13-14,24-25H,9-10H2,1-6H3;4-20H,2-3H2,1H3;6H,4-5H2,1-3H3;3H2,1-2H3/t15?,21-;15-,21-;14?,15-,21-;14-,20-;4-,5?,6?,7?,8+,9+,10-,11?,12+,13+;;/m11110../s1. The molecular formula is C107H164O34. The minimum atomic E-state index is -2.35. The summed E-state index contributed by atoms with van der Waals surface area (Å²) in [7, 11) is 0. The molecule has 0 aromatic heterocycles. The third kappa shape index (κ3) is 36.9. The molecule has 34 heteroatoms. The summed E-state index contributed by atoms with van der Waals surface area (Å²) < 4.78 is 25.0. The van der Waals surface area contributed by atoms with Crippen LogP contribution in [0, 0.1) is 53.3 Å². The third-order valence-corrected chi connectivity index (χ3v) is 23.6. The Balaban J connectivity index is 0.00000167. The summed E-state index contributed by atoms with van der Waals surface area (Å²) in [5.74, 6) is -16.2. The van der Waals surface area contributed by atoms with Crippen molar-refractivity contribution in [3.8, 4) is 0 Å². The largest absolute Gasteiger partial charge is 0.508 e. The first-order chi connectivity index (χ1) is 65.0. The lowest BCUT2D eigenvalue weighted by Gasteiger charge is -2.45. The molecule has 2 aliphatic heterocycles. The van der Waals surface area contributed by atoms with E-state index in [1.54, 1.807) is 97.1 Å². The fourth-order valence-corrected chi connectivity index (χ4v) is 15.1. The molecule has 0 aromatic carbocycles. The molecule has 141 heavy (non-hydrogen) atoms. The molecule has 0 amide bonds. The molecule has 2 saturated heterocycles. The van der Waals surface area contributed by atoms with Crippen LogP contribution in [-0.2, 0) is 90.8 Å². The van der Waals surface area contributed by atoms with Crippen LogP contribution in [0.1, 0.15) is 285 Å². The number of aliphatic hydroxyl groups is 15. The summed E-state index contributed by atoms with van der Waals surface area (Å²) in [4.78, 5) is 172. The first-order valence-electron chi connectivity index (χ1n) is 48.0. The quantitative estimate of drug-likeness (QED) is 0.0154. The second kappa shape index (κ2) is 60.3. The summed E-state index contributed by atoms with van der Waals surface area (Å²) in [6.45, 7) is 53.3. The van der Waals surface area contributed by atoms with Gasteiger partial charge in [-0.2, -0.15) is 0 Å². The van der Waals surface area contributed by atoms with Crippen LogP contribution in [0.3, 0.4) is 0 Å². The summed E-state index contributed by atoms with van der Waals surface area (Å²) in [6.07, 6.45) is 1.67. The minimum Gasteiger partial charge on any atom is -0.508 e. The van der Waals surface area contributed by atoms with E-state index < -0.39 is 247 Å². The van der Waals surface area contributed by atoms with Gasteiger partial charge in [0.15, 0.2) is 98.1 Å². The Kier molecular flexibility index (Phi) is 56.2. The summed E-state index contributed by atoms with van der Waals surface area (Å²) in [6, 6.07) is 0. The van der Waals surface area contributed by atoms with Crippen LogP contribution >= 0.6 is 0 Å². The number of esters is 2. The Morgan fingerprint density at radius 3 is 0.908 bits per heavy atom. The Labute approximate surface area is 831 Å². The topological polar surface area (TPSA) is 589 Å². The van der Waals surface area contributed by atoms with Gasteiger partial charge in [0.25, 0.3) is 0 Å². The Bertz CT molecular complexity index is 4630. The maximum absolute atomic E-state index is 12.9. The van der Waals surface area contributed by atoms with Gasteiger partial charge in [-0.25, -0.2) is 0 Å². The fourth-order valence-electron chi connectivity index (χ4n) is 15.1. The predicted octanol–water partition coefficient (Wildman–Crippen LogP) is 11.9. The van der Waals surface area contributed by atoms with Crippen molar-refractivity contribution in [2.75, 3.05) is 26.4 Å². The van der Waals surface area contributed by atoms with Crippen LogP contribution in [-0.4, -0.2) is 268 Å². The average Bonchev–Trinajstić information content (AvgIpc) is 1.60. The highest BCUT2D eigenvalue weighted by Crippen LogP contribution is 2.47. The molecule has 2 fully saturated rings. The van der Waals surface area contributed by atoms with Crippen molar-refractivity contribution in [3.63, 3.8) is 0 Å². The van der Waals surface area contributed by atoms with Gasteiger partial charge in [0.1, 0.15) is 94.2 Å². The monoisotopic (exact) mass is 1990 g/mol. The van der Waals surface area contributed by atoms with Gasteiger partial charge in [-0.05, 0) is 181 Å². The van der Waals surface area contributed by atoms with Crippen molar-refractivity contribution in [1.82, 2.24) is 0 Å². The van der Waals surface area contributed by atoms with Gasteiger partial charge in [0.05, 0.1) is 56.2 Å². The SMILES string of the molecule is CC(=O)OCCC(C)C.CC(C)=CCC(=O)[C@@]1(O)C(O)=C(C(=O)C(C)C)C(=O)[C@H]1CC=C(C)C.CC(C)=CCC(=O)[C@@]1(O)C(O)=C(C(=O)CC(C)C)C(=O)C1CC=C(C)C.CC(C)=CCC(=O)[C@@]1(O)C(O)=C(C(=O)CC(C)C)C(=O)[C@H]1CC=C(C)C.CCC(C)C(=O)C1=C(O)[C@](O)(C(=O)CC=C(C)C)[C@H](CC=C(C)C)C1=O.CCOC(C)=O.C[C@@H]1OC(CO)[C@@H](O[C@H]2OC(CO)[C@@H](O)[C@@H](O)C2O)[C@@H](O)C1O. The number of Topliss-reactive ketones (excluding diaryl/α,β-unsaturated/α-hetero) is 12.